The Morgan fingerprint density at radius 1 is 0.917 bits per heavy atom. The zero-order chi connectivity index (χ0) is 9.14. The van der Waals surface area contributed by atoms with Crippen LogP contribution in [0.4, 0.5) is 0 Å². The van der Waals surface area contributed by atoms with Crippen LogP contribution in [0.1, 0.15) is 22.8 Å². The number of aryl methyl sites for hydroxylation is 2. The van der Waals surface area contributed by atoms with E-state index in [1.54, 1.807) is 0 Å². The second-order valence-corrected chi connectivity index (χ2v) is 2.70. The van der Waals surface area contributed by atoms with Crippen LogP contribution in [-0.4, -0.2) is 9.97 Å². The van der Waals surface area contributed by atoms with E-state index < -0.39 is 0 Å². The summed E-state index contributed by atoms with van der Waals surface area (Å²) < 4.78 is 0. The summed E-state index contributed by atoms with van der Waals surface area (Å²) in [6.45, 7) is 4.64. The zero-order valence-electron chi connectivity index (χ0n) is 7.46. The van der Waals surface area contributed by atoms with Gasteiger partial charge in [-0.1, -0.05) is 0 Å². The number of aromatic nitrogens is 2. The van der Waals surface area contributed by atoms with Gasteiger partial charge in [-0.15, -0.1) is 0 Å². The molecule has 1 aromatic heterocycles. The van der Waals surface area contributed by atoms with Gasteiger partial charge in [-0.3, -0.25) is 9.97 Å². The first kappa shape index (κ1) is 9.09. The molecule has 1 aromatic rings. The maximum atomic E-state index is 5.49. The number of hydrogen-bond acceptors (Lipinski definition) is 4. The molecule has 0 bridgehead atoms. The highest BCUT2D eigenvalue weighted by Crippen LogP contribution is 2.06. The van der Waals surface area contributed by atoms with Crippen molar-refractivity contribution in [1.29, 1.82) is 0 Å². The van der Waals surface area contributed by atoms with Gasteiger partial charge in [0.1, 0.15) is 0 Å². The standard InChI is InChI=1S/C8H14N4/c1-5-6(2)12-8(4-10)7(3-9)11-5/h3-4,9-10H2,1-2H3. The fourth-order valence-corrected chi connectivity index (χ4v) is 1.02. The van der Waals surface area contributed by atoms with Crippen LogP contribution in [0, 0.1) is 13.8 Å². The molecule has 0 aliphatic rings. The first-order valence-corrected chi connectivity index (χ1v) is 3.92. The molecular formula is C8H14N4. The molecule has 0 aliphatic heterocycles. The lowest BCUT2D eigenvalue weighted by Crippen LogP contribution is -2.12. The van der Waals surface area contributed by atoms with E-state index in [0.29, 0.717) is 13.1 Å². The minimum Gasteiger partial charge on any atom is -0.325 e. The minimum absolute atomic E-state index is 0.403. The Bertz CT molecular complexity index is 254. The summed E-state index contributed by atoms with van der Waals surface area (Å²) in [7, 11) is 0. The highest BCUT2D eigenvalue weighted by molar-refractivity contribution is 5.18. The summed E-state index contributed by atoms with van der Waals surface area (Å²) in [4.78, 5) is 8.59. The molecule has 66 valence electrons. The van der Waals surface area contributed by atoms with Gasteiger partial charge in [0.25, 0.3) is 0 Å². The summed E-state index contributed by atoms with van der Waals surface area (Å²) >= 11 is 0. The second kappa shape index (κ2) is 3.60. The molecule has 0 atom stereocenters. The Kier molecular flexibility index (Phi) is 2.73. The third-order valence-corrected chi connectivity index (χ3v) is 1.85. The van der Waals surface area contributed by atoms with E-state index in [1.165, 1.54) is 0 Å². The largest absolute Gasteiger partial charge is 0.325 e. The smallest absolute Gasteiger partial charge is 0.0771 e. The van der Waals surface area contributed by atoms with Gasteiger partial charge in [-0.2, -0.15) is 0 Å². The molecule has 0 unspecified atom stereocenters. The highest BCUT2D eigenvalue weighted by atomic mass is 14.9. The Hall–Kier alpha value is -1.00. The molecule has 4 nitrogen and oxygen atoms in total. The van der Waals surface area contributed by atoms with E-state index >= 15 is 0 Å². The predicted octanol–water partition coefficient (Wildman–Crippen LogP) is 0.0108. The van der Waals surface area contributed by atoms with Crippen molar-refractivity contribution in [3.63, 3.8) is 0 Å². The quantitative estimate of drug-likeness (QED) is 0.648. The molecule has 0 amide bonds. The van der Waals surface area contributed by atoms with Crippen LogP contribution in [0.25, 0.3) is 0 Å². The fraction of sp³-hybridized carbons (Fsp3) is 0.500. The van der Waals surface area contributed by atoms with Crippen molar-refractivity contribution in [2.45, 2.75) is 26.9 Å². The van der Waals surface area contributed by atoms with Gasteiger partial charge in [-0.25, -0.2) is 0 Å². The van der Waals surface area contributed by atoms with Crippen molar-refractivity contribution >= 4 is 0 Å². The Morgan fingerprint density at radius 2 is 1.25 bits per heavy atom. The van der Waals surface area contributed by atoms with Crippen molar-refractivity contribution < 1.29 is 0 Å². The van der Waals surface area contributed by atoms with Crippen LogP contribution < -0.4 is 11.5 Å². The lowest BCUT2D eigenvalue weighted by Gasteiger charge is -2.06. The summed E-state index contributed by atoms with van der Waals surface area (Å²) in [6, 6.07) is 0. The Labute approximate surface area is 72.0 Å². The monoisotopic (exact) mass is 166 g/mol. The lowest BCUT2D eigenvalue weighted by molar-refractivity contribution is 0.837. The van der Waals surface area contributed by atoms with Crippen LogP contribution in [0.5, 0.6) is 0 Å². The SMILES string of the molecule is Cc1nc(CN)c(CN)nc1C. The van der Waals surface area contributed by atoms with Gasteiger partial charge in [0.15, 0.2) is 0 Å². The molecule has 0 aliphatic carbocycles. The lowest BCUT2D eigenvalue weighted by atomic mass is 10.2. The number of nitrogens with two attached hydrogens (primary N) is 2. The molecular weight excluding hydrogens is 152 g/mol. The number of hydrogen-bond donors (Lipinski definition) is 2. The predicted molar refractivity (Wildman–Crippen MR) is 47.3 cm³/mol. The third-order valence-electron chi connectivity index (χ3n) is 1.85. The average Bonchev–Trinajstić information content (AvgIpc) is 2.09. The molecule has 1 rings (SSSR count). The van der Waals surface area contributed by atoms with E-state index in [4.69, 9.17) is 11.5 Å². The van der Waals surface area contributed by atoms with Gasteiger partial charge in [0.05, 0.1) is 22.8 Å². The van der Waals surface area contributed by atoms with E-state index in [0.717, 1.165) is 22.8 Å². The first-order chi connectivity index (χ1) is 5.69. The van der Waals surface area contributed by atoms with Gasteiger partial charge in [0.2, 0.25) is 0 Å². The first-order valence-electron chi connectivity index (χ1n) is 3.92. The van der Waals surface area contributed by atoms with Crippen LogP contribution in [-0.2, 0) is 13.1 Å². The van der Waals surface area contributed by atoms with Crippen molar-refractivity contribution in [3.8, 4) is 0 Å². The average molecular weight is 166 g/mol. The van der Waals surface area contributed by atoms with Gasteiger partial charge in [-0.05, 0) is 13.8 Å². The molecule has 0 aromatic carbocycles. The van der Waals surface area contributed by atoms with E-state index in [2.05, 4.69) is 9.97 Å². The number of nitrogens with zero attached hydrogens (tertiary/aromatic N) is 2. The molecule has 1 heterocycles. The van der Waals surface area contributed by atoms with Crippen molar-refractivity contribution in [2.75, 3.05) is 0 Å². The molecule has 0 radical (unpaired) electrons. The molecule has 12 heavy (non-hydrogen) atoms. The van der Waals surface area contributed by atoms with E-state index in [-0.39, 0.29) is 0 Å². The normalized spacial score (nSPS) is 10.3. The number of rotatable bonds is 2. The fourth-order valence-electron chi connectivity index (χ4n) is 1.02. The maximum Gasteiger partial charge on any atom is 0.0771 e. The van der Waals surface area contributed by atoms with Gasteiger partial charge >= 0.3 is 0 Å². The summed E-state index contributed by atoms with van der Waals surface area (Å²) in [6.07, 6.45) is 0. The van der Waals surface area contributed by atoms with Crippen molar-refractivity contribution in [3.05, 3.63) is 22.8 Å². The zero-order valence-corrected chi connectivity index (χ0v) is 7.46. The molecule has 0 spiro atoms. The molecule has 4 heteroatoms. The highest BCUT2D eigenvalue weighted by Gasteiger charge is 2.05. The summed E-state index contributed by atoms with van der Waals surface area (Å²) in [5.41, 5.74) is 14.4. The Balaban J connectivity index is 3.19. The summed E-state index contributed by atoms with van der Waals surface area (Å²) in [5, 5.41) is 0. The van der Waals surface area contributed by atoms with E-state index in [9.17, 15) is 0 Å². The second-order valence-electron chi connectivity index (χ2n) is 2.70. The molecule has 0 saturated carbocycles. The molecule has 0 fully saturated rings. The van der Waals surface area contributed by atoms with Gasteiger partial charge < -0.3 is 11.5 Å². The maximum absolute atomic E-state index is 5.49. The topological polar surface area (TPSA) is 77.8 Å². The van der Waals surface area contributed by atoms with Crippen molar-refractivity contribution in [2.24, 2.45) is 11.5 Å². The van der Waals surface area contributed by atoms with Gasteiger partial charge in [0, 0.05) is 13.1 Å². The van der Waals surface area contributed by atoms with Crippen molar-refractivity contribution in [1.82, 2.24) is 9.97 Å². The van der Waals surface area contributed by atoms with Crippen LogP contribution in [0.3, 0.4) is 0 Å². The Morgan fingerprint density at radius 3 is 1.50 bits per heavy atom. The minimum atomic E-state index is 0.403. The molecule has 0 saturated heterocycles. The third kappa shape index (κ3) is 1.60. The summed E-state index contributed by atoms with van der Waals surface area (Å²) in [5.74, 6) is 0. The van der Waals surface area contributed by atoms with Crippen LogP contribution in [0.2, 0.25) is 0 Å². The van der Waals surface area contributed by atoms with Crippen LogP contribution >= 0.6 is 0 Å². The van der Waals surface area contributed by atoms with E-state index in [1.807, 2.05) is 13.8 Å². The molecule has 4 N–H and O–H groups in total. The van der Waals surface area contributed by atoms with Crippen LogP contribution in [0.15, 0.2) is 0 Å².